The second kappa shape index (κ2) is 9.68. The van der Waals surface area contributed by atoms with Crippen LogP contribution in [0.15, 0.2) is 143 Å². The predicted octanol–water partition coefficient (Wildman–Crippen LogP) is 8.80. The normalized spacial score (nSPS) is 11.8. The minimum Gasteiger partial charge on any atom is -0.456 e. The van der Waals surface area contributed by atoms with Gasteiger partial charge in [0.25, 0.3) is 0 Å². The lowest BCUT2D eigenvalue weighted by molar-refractivity contribution is 0.669. The molecule has 0 radical (unpaired) electrons. The molecule has 7 rings (SSSR count). The maximum atomic E-state index is 8.54. The Hall–Kier alpha value is -5.48. The second-order valence-corrected chi connectivity index (χ2v) is 9.84. The number of nitrogens with zero attached hydrogens (tertiary/aromatic N) is 1. The van der Waals surface area contributed by atoms with Crippen LogP contribution in [0.3, 0.4) is 0 Å². The summed E-state index contributed by atoms with van der Waals surface area (Å²) in [6.07, 6.45) is 0. The number of hydrogen-bond acceptors (Lipinski definition) is 2. The number of para-hydroxylation sites is 1. The highest BCUT2D eigenvalue weighted by Gasteiger charge is 2.12. The van der Waals surface area contributed by atoms with E-state index in [-0.39, 0.29) is 5.84 Å². The Bertz CT molecular complexity index is 2070. The van der Waals surface area contributed by atoms with Crippen molar-refractivity contribution < 1.29 is 4.42 Å². The van der Waals surface area contributed by atoms with E-state index in [1.807, 2.05) is 91.0 Å². The number of nitrogens with one attached hydrogen (secondary N) is 1. The van der Waals surface area contributed by atoms with Gasteiger partial charge in [-0.25, -0.2) is 4.99 Å². The molecule has 0 aliphatic carbocycles. The zero-order valence-electron chi connectivity index (χ0n) is 21.6. The minimum absolute atomic E-state index is 0.126. The average molecular weight is 516 g/mol. The van der Waals surface area contributed by atoms with E-state index in [1.165, 1.54) is 10.8 Å². The number of hydrogen-bond donors (Lipinski definition) is 2. The molecule has 0 bridgehead atoms. The largest absolute Gasteiger partial charge is 0.456 e. The van der Waals surface area contributed by atoms with Crippen molar-refractivity contribution in [1.82, 2.24) is 0 Å². The molecule has 7 aromatic rings. The van der Waals surface area contributed by atoms with Gasteiger partial charge < -0.3 is 10.2 Å². The van der Waals surface area contributed by atoms with E-state index in [0.29, 0.717) is 11.4 Å². The van der Waals surface area contributed by atoms with Crippen LogP contribution in [0.2, 0.25) is 0 Å². The van der Waals surface area contributed by atoms with Crippen LogP contribution in [0.4, 0.5) is 0 Å². The molecule has 1 heterocycles. The Kier molecular flexibility index (Phi) is 5.72. The topological polar surface area (TPSA) is 75.4 Å². The molecule has 0 atom stereocenters. The molecule has 4 nitrogen and oxygen atoms in total. The van der Waals surface area contributed by atoms with Crippen LogP contribution in [0.5, 0.6) is 0 Å². The molecular formula is C36H25N3O. The van der Waals surface area contributed by atoms with Crippen molar-refractivity contribution in [2.75, 3.05) is 0 Å². The molecule has 0 aliphatic rings. The van der Waals surface area contributed by atoms with Crippen LogP contribution in [-0.2, 0) is 0 Å². The van der Waals surface area contributed by atoms with Crippen molar-refractivity contribution in [3.8, 4) is 22.3 Å². The summed E-state index contributed by atoms with van der Waals surface area (Å²) in [6, 6.07) is 44.8. The van der Waals surface area contributed by atoms with Gasteiger partial charge in [-0.3, -0.25) is 5.41 Å². The van der Waals surface area contributed by atoms with Gasteiger partial charge in [-0.15, -0.1) is 0 Å². The van der Waals surface area contributed by atoms with Crippen LogP contribution in [0.1, 0.15) is 11.1 Å². The van der Waals surface area contributed by atoms with Crippen molar-refractivity contribution in [1.29, 1.82) is 5.41 Å². The minimum atomic E-state index is 0.126. The van der Waals surface area contributed by atoms with E-state index in [4.69, 9.17) is 15.6 Å². The van der Waals surface area contributed by atoms with Gasteiger partial charge in [0.1, 0.15) is 17.0 Å². The molecule has 3 N–H and O–H groups in total. The number of rotatable bonds is 4. The van der Waals surface area contributed by atoms with Crippen LogP contribution in [0.25, 0.3) is 55.0 Å². The molecule has 0 aliphatic heterocycles. The van der Waals surface area contributed by atoms with E-state index in [9.17, 15) is 0 Å². The molecule has 0 fully saturated rings. The Morgan fingerprint density at radius 3 is 2.05 bits per heavy atom. The van der Waals surface area contributed by atoms with E-state index in [1.54, 1.807) is 0 Å². The molecule has 0 saturated heterocycles. The Labute approximate surface area is 231 Å². The van der Waals surface area contributed by atoms with Crippen molar-refractivity contribution >= 4 is 44.4 Å². The van der Waals surface area contributed by atoms with E-state index in [0.717, 1.165) is 49.8 Å². The zero-order chi connectivity index (χ0) is 27.1. The van der Waals surface area contributed by atoms with Gasteiger partial charge in [0.2, 0.25) is 0 Å². The number of benzene rings is 6. The molecule has 0 amide bonds. The number of fused-ring (bicyclic) bond motifs is 4. The maximum absolute atomic E-state index is 8.54. The van der Waals surface area contributed by atoms with Gasteiger partial charge in [0.05, 0.1) is 0 Å². The molecular weight excluding hydrogens is 490 g/mol. The lowest BCUT2D eigenvalue weighted by Gasteiger charge is -2.08. The molecule has 1 aromatic heterocycles. The fraction of sp³-hybridized carbons (Fsp3) is 0. The number of amidine groups is 2. The zero-order valence-corrected chi connectivity index (χ0v) is 21.6. The molecule has 0 spiro atoms. The van der Waals surface area contributed by atoms with Crippen LogP contribution < -0.4 is 5.73 Å². The van der Waals surface area contributed by atoms with Crippen molar-refractivity contribution in [3.63, 3.8) is 0 Å². The lowest BCUT2D eigenvalue weighted by atomic mass is 9.98. The third kappa shape index (κ3) is 4.22. The molecule has 190 valence electrons. The van der Waals surface area contributed by atoms with Gasteiger partial charge in [-0.05, 0) is 51.2 Å². The summed E-state index contributed by atoms with van der Waals surface area (Å²) in [5.74, 6) is 0.434. The van der Waals surface area contributed by atoms with Crippen molar-refractivity contribution in [2.24, 2.45) is 10.7 Å². The molecule has 40 heavy (non-hydrogen) atoms. The standard InChI is InChI=1S/C36H25N3O/c37-35(26-17-12-24(13-18-26)29-21-14-23-6-1-2-7-28(23)22-29)39-36(38)27-19-15-25(16-20-27)30-9-5-11-33-34(30)31-8-3-4-10-32(31)40-33/h1-22H,(H3,37,38,39). The Balaban J connectivity index is 1.13. The first-order valence-electron chi connectivity index (χ1n) is 13.2. The first kappa shape index (κ1) is 23.6. The fourth-order valence-corrected chi connectivity index (χ4v) is 5.27. The van der Waals surface area contributed by atoms with Gasteiger partial charge in [0.15, 0.2) is 5.84 Å². The highest BCUT2D eigenvalue weighted by atomic mass is 16.3. The maximum Gasteiger partial charge on any atom is 0.154 e. The van der Waals surface area contributed by atoms with E-state index < -0.39 is 0 Å². The van der Waals surface area contributed by atoms with Gasteiger partial charge in [0, 0.05) is 21.9 Å². The van der Waals surface area contributed by atoms with Gasteiger partial charge >= 0.3 is 0 Å². The van der Waals surface area contributed by atoms with Gasteiger partial charge in [-0.2, -0.15) is 0 Å². The van der Waals surface area contributed by atoms with Crippen LogP contribution >= 0.6 is 0 Å². The summed E-state index contributed by atoms with van der Waals surface area (Å²) in [4.78, 5) is 4.41. The van der Waals surface area contributed by atoms with E-state index >= 15 is 0 Å². The fourth-order valence-electron chi connectivity index (χ4n) is 5.27. The summed E-state index contributed by atoms with van der Waals surface area (Å²) in [5, 5.41) is 13.2. The molecule has 4 heteroatoms. The van der Waals surface area contributed by atoms with Crippen LogP contribution in [0, 0.1) is 5.41 Å². The second-order valence-electron chi connectivity index (χ2n) is 9.84. The summed E-state index contributed by atoms with van der Waals surface area (Å²) < 4.78 is 6.05. The average Bonchev–Trinajstić information content (AvgIpc) is 3.40. The SMILES string of the molecule is N=C(N=C(N)c1ccc(-c2cccc3oc4ccccc4c23)cc1)c1ccc(-c2ccc3ccccc3c2)cc1. The predicted molar refractivity (Wildman–Crippen MR) is 166 cm³/mol. The molecule has 0 unspecified atom stereocenters. The van der Waals surface area contributed by atoms with Gasteiger partial charge in [-0.1, -0.05) is 115 Å². The van der Waals surface area contributed by atoms with E-state index in [2.05, 4.69) is 47.5 Å². The number of nitrogens with two attached hydrogens (primary N) is 1. The third-order valence-electron chi connectivity index (χ3n) is 7.37. The Morgan fingerprint density at radius 1 is 0.575 bits per heavy atom. The third-order valence-corrected chi connectivity index (χ3v) is 7.37. The molecule has 0 saturated carbocycles. The van der Waals surface area contributed by atoms with Crippen molar-refractivity contribution in [2.45, 2.75) is 0 Å². The first-order chi connectivity index (χ1) is 19.6. The summed E-state index contributed by atoms with van der Waals surface area (Å²) in [5.41, 5.74) is 14.0. The monoisotopic (exact) mass is 515 g/mol. The number of furan rings is 1. The first-order valence-corrected chi connectivity index (χ1v) is 13.2. The molecule has 6 aromatic carbocycles. The lowest BCUT2D eigenvalue weighted by Crippen LogP contribution is -2.15. The van der Waals surface area contributed by atoms with Crippen LogP contribution in [-0.4, -0.2) is 11.7 Å². The quantitative estimate of drug-likeness (QED) is 0.181. The smallest absolute Gasteiger partial charge is 0.154 e. The Morgan fingerprint density at radius 2 is 1.23 bits per heavy atom. The summed E-state index contributed by atoms with van der Waals surface area (Å²) in [6.45, 7) is 0. The highest BCUT2D eigenvalue weighted by Crippen LogP contribution is 2.36. The highest BCUT2D eigenvalue weighted by molar-refractivity contribution is 6.13. The van der Waals surface area contributed by atoms with Crippen molar-refractivity contribution in [3.05, 3.63) is 145 Å². The summed E-state index contributed by atoms with van der Waals surface area (Å²) in [7, 11) is 0. The summed E-state index contributed by atoms with van der Waals surface area (Å²) >= 11 is 0. The number of aliphatic imine (C=N–C) groups is 1.